The summed E-state index contributed by atoms with van der Waals surface area (Å²) in [6, 6.07) is 2.93. The third kappa shape index (κ3) is 2.80. The average molecular weight is 254 g/mol. The second-order valence-corrected chi connectivity index (χ2v) is 3.53. The predicted molar refractivity (Wildman–Crippen MR) is 59.1 cm³/mol. The Hall–Kier alpha value is -2.48. The quantitative estimate of drug-likeness (QED) is 0.501. The minimum absolute atomic E-state index is 0.100. The van der Waals surface area contributed by atoms with Crippen LogP contribution in [0.4, 0.5) is 5.69 Å². The summed E-state index contributed by atoms with van der Waals surface area (Å²) >= 11 is 0. The molecule has 0 heterocycles. The maximum absolute atomic E-state index is 11.0. The third-order valence-electron chi connectivity index (χ3n) is 2.37. The fourth-order valence-electron chi connectivity index (χ4n) is 1.45. The van der Waals surface area contributed by atoms with E-state index in [4.69, 9.17) is 15.9 Å². The van der Waals surface area contributed by atoms with Crippen LogP contribution in [0.15, 0.2) is 24.3 Å². The van der Waals surface area contributed by atoms with Crippen LogP contribution in [-0.2, 0) is 9.59 Å². The molecule has 4 N–H and O–H groups in total. The lowest BCUT2D eigenvalue weighted by Gasteiger charge is -2.16. The molecule has 0 aliphatic heterocycles. The van der Waals surface area contributed by atoms with Crippen molar-refractivity contribution in [1.82, 2.24) is 0 Å². The van der Waals surface area contributed by atoms with E-state index in [1.54, 1.807) is 0 Å². The van der Waals surface area contributed by atoms with Gasteiger partial charge in [-0.25, -0.2) is 0 Å². The number of benzene rings is 1. The molecule has 1 rings (SSSR count). The van der Waals surface area contributed by atoms with Crippen molar-refractivity contribution in [2.45, 2.75) is 12.0 Å². The van der Waals surface area contributed by atoms with Crippen molar-refractivity contribution in [2.24, 2.45) is 5.73 Å². The molecule has 0 saturated heterocycles. The van der Waals surface area contributed by atoms with E-state index in [1.165, 1.54) is 12.1 Å². The van der Waals surface area contributed by atoms with Gasteiger partial charge < -0.3 is 15.9 Å². The summed E-state index contributed by atoms with van der Waals surface area (Å²) in [5.74, 6) is -4.32. The van der Waals surface area contributed by atoms with Gasteiger partial charge in [-0.15, -0.1) is 0 Å². The first-order chi connectivity index (χ1) is 8.34. The summed E-state index contributed by atoms with van der Waals surface area (Å²) in [4.78, 5) is 31.5. The first-order valence-corrected chi connectivity index (χ1v) is 4.80. The number of carboxylic acids is 2. The predicted octanol–water partition coefficient (Wildman–Crippen LogP) is 0.175. The molecule has 2 atom stereocenters. The minimum Gasteiger partial charge on any atom is -0.481 e. The number of non-ortho nitro benzene ring substituents is 1. The Balaban J connectivity index is 3.11. The number of nitro benzene ring substituents is 1. The van der Waals surface area contributed by atoms with E-state index < -0.39 is 28.8 Å². The molecule has 0 bridgehead atoms. The van der Waals surface area contributed by atoms with Gasteiger partial charge in [0.15, 0.2) is 0 Å². The van der Waals surface area contributed by atoms with Gasteiger partial charge in [0.2, 0.25) is 0 Å². The Morgan fingerprint density at radius 1 is 1.17 bits per heavy atom. The summed E-state index contributed by atoms with van der Waals surface area (Å²) in [7, 11) is 0. The number of carboxylic acid groups (broad SMARTS) is 2. The summed E-state index contributed by atoms with van der Waals surface area (Å²) in [5.41, 5.74) is 5.16. The summed E-state index contributed by atoms with van der Waals surface area (Å²) in [6.45, 7) is 0. The van der Waals surface area contributed by atoms with E-state index in [1.807, 2.05) is 0 Å². The molecule has 1 aromatic carbocycles. The Morgan fingerprint density at radius 2 is 1.67 bits per heavy atom. The summed E-state index contributed by atoms with van der Waals surface area (Å²) < 4.78 is 0. The van der Waals surface area contributed by atoms with Gasteiger partial charge in [0.1, 0.15) is 12.0 Å². The van der Waals surface area contributed by atoms with E-state index in [0.717, 1.165) is 12.1 Å². The van der Waals surface area contributed by atoms with Crippen molar-refractivity contribution in [1.29, 1.82) is 0 Å². The molecule has 0 saturated carbocycles. The van der Waals surface area contributed by atoms with Crippen LogP contribution in [-0.4, -0.2) is 33.1 Å². The normalized spacial score (nSPS) is 13.6. The zero-order chi connectivity index (χ0) is 13.9. The molecular formula is C10H10N2O6. The maximum atomic E-state index is 11.0. The van der Waals surface area contributed by atoms with Gasteiger partial charge in [0.25, 0.3) is 5.69 Å². The Bertz CT molecular complexity index is 484. The van der Waals surface area contributed by atoms with Crippen LogP contribution in [0.3, 0.4) is 0 Å². The Labute approximate surface area is 101 Å². The monoisotopic (exact) mass is 254 g/mol. The SMILES string of the molecule is N[C@H](C(=O)O)[C@H](C(=O)O)c1ccc([N+](=O)[O-])cc1. The molecule has 0 radical (unpaired) electrons. The van der Waals surface area contributed by atoms with Gasteiger partial charge in [0.05, 0.1) is 4.92 Å². The van der Waals surface area contributed by atoms with Crippen LogP contribution in [0.25, 0.3) is 0 Å². The van der Waals surface area contributed by atoms with Crippen molar-refractivity contribution in [2.75, 3.05) is 0 Å². The highest BCUT2D eigenvalue weighted by molar-refractivity contribution is 5.86. The fraction of sp³-hybridized carbons (Fsp3) is 0.200. The number of hydrogen-bond donors (Lipinski definition) is 3. The lowest BCUT2D eigenvalue weighted by Crippen LogP contribution is -2.40. The molecule has 0 fully saturated rings. The fourth-order valence-corrected chi connectivity index (χ4v) is 1.45. The van der Waals surface area contributed by atoms with Crippen LogP contribution in [0.2, 0.25) is 0 Å². The highest BCUT2D eigenvalue weighted by Crippen LogP contribution is 2.22. The zero-order valence-electron chi connectivity index (χ0n) is 9.02. The van der Waals surface area contributed by atoms with Crippen LogP contribution in [0, 0.1) is 10.1 Å². The number of nitrogens with two attached hydrogens (primary N) is 1. The highest BCUT2D eigenvalue weighted by Gasteiger charge is 2.32. The third-order valence-corrected chi connectivity index (χ3v) is 2.37. The smallest absolute Gasteiger partial charge is 0.321 e. The first kappa shape index (κ1) is 13.6. The Morgan fingerprint density at radius 3 is 2.00 bits per heavy atom. The van der Waals surface area contributed by atoms with Crippen molar-refractivity contribution in [3.05, 3.63) is 39.9 Å². The topological polar surface area (TPSA) is 144 Å². The first-order valence-electron chi connectivity index (χ1n) is 4.80. The van der Waals surface area contributed by atoms with Gasteiger partial charge in [-0.2, -0.15) is 0 Å². The standard InChI is InChI=1S/C10H10N2O6/c11-8(10(15)16)7(9(13)14)5-1-3-6(4-2-5)12(17)18/h1-4,7-8H,11H2,(H,13,14)(H,15,16)/t7-,8+/m1/s1. The van der Waals surface area contributed by atoms with Gasteiger partial charge in [-0.3, -0.25) is 19.7 Å². The van der Waals surface area contributed by atoms with E-state index in [-0.39, 0.29) is 11.3 Å². The molecular weight excluding hydrogens is 244 g/mol. The van der Waals surface area contributed by atoms with Crippen LogP contribution >= 0.6 is 0 Å². The zero-order valence-corrected chi connectivity index (χ0v) is 9.02. The maximum Gasteiger partial charge on any atom is 0.321 e. The number of hydrogen-bond acceptors (Lipinski definition) is 5. The molecule has 0 aromatic heterocycles. The number of carbonyl (C=O) groups is 2. The van der Waals surface area contributed by atoms with Gasteiger partial charge in [-0.05, 0) is 5.56 Å². The number of rotatable bonds is 5. The van der Waals surface area contributed by atoms with Gasteiger partial charge in [-0.1, -0.05) is 12.1 Å². The minimum atomic E-state index is -1.62. The van der Waals surface area contributed by atoms with Crippen molar-refractivity contribution in [3.8, 4) is 0 Å². The average Bonchev–Trinajstić information content (AvgIpc) is 2.29. The molecule has 8 heteroatoms. The van der Waals surface area contributed by atoms with Crippen LogP contribution in [0.1, 0.15) is 11.5 Å². The molecule has 18 heavy (non-hydrogen) atoms. The molecule has 0 aliphatic carbocycles. The van der Waals surface area contributed by atoms with Gasteiger partial charge in [0, 0.05) is 12.1 Å². The molecule has 0 unspecified atom stereocenters. The molecule has 8 nitrogen and oxygen atoms in total. The van der Waals surface area contributed by atoms with Crippen LogP contribution < -0.4 is 5.73 Å². The van der Waals surface area contributed by atoms with E-state index in [0.29, 0.717) is 0 Å². The second-order valence-electron chi connectivity index (χ2n) is 3.53. The largest absolute Gasteiger partial charge is 0.481 e. The van der Waals surface area contributed by atoms with Crippen molar-refractivity contribution in [3.63, 3.8) is 0 Å². The van der Waals surface area contributed by atoms with Crippen molar-refractivity contribution >= 4 is 17.6 Å². The summed E-state index contributed by atoms with van der Waals surface area (Å²) in [5, 5.41) is 28.1. The molecule has 0 amide bonds. The Kier molecular flexibility index (Phi) is 3.95. The number of aliphatic carboxylic acids is 2. The van der Waals surface area contributed by atoms with E-state index in [2.05, 4.69) is 0 Å². The molecule has 0 spiro atoms. The van der Waals surface area contributed by atoms with Crippen LogP contribution in [0.5, 0.6) is 0 Å². The molecule has 96 valence electrons. The lowest BCUT2D eigenvalue weighted by atomic mass is 9.92. The van der Waals surface area contributed by atoms with Gasteiger partial charge >= 0.3 is 11.9 Å². The number of nitrogens with zero attached hydrogens (tertiary/aromatic N) is 1. The molecule has 0 aliphatic rings. The summed E-state index contributed by atoms with van der Waals surface area (Å²) in [6.07, 6.45) is 0. The lowest BCUT2D eigenvalue weighted by molar-refractivity contribution is -0.384. The number of nitro groups is 1. The van der Waals surface area contributed by atoms with E-state index in [9.17, 15) is 19.7 Å². The molecule has 1 aromatic rings. The van der Waals surface area contributed by atoms with E-state index >= 15 is 0 Å². The highest BCUT2D eigenvalue weighted by atomic mass is 16.6. The van der Waals surface area contributed by atoms with Crippen molar-refractivity contribution < 1.29 is 24.7 Å². The second kappa shape index (κ2) is 5.23.